The summed E-state index contributed by atoms with van der Waals surface area (Å²) in [5.74, 6) is 0.0996. The molecule has 3 nitrogen and oxygen atoms in total. The highest BCUT2D eigenvalue weighted by Gasteiger charge is 2.47. The van der Waals surface area contributed by atoms with Crippen molar-refractivity contribution in [3.8, 4) is 0 Å². The van der Waals surface area contributed by atoms with Gasteiger partial charge in [0.05, 0.1) is 6.10 Å². The number of aliphatic hydroxyl groups excluding tert-OH is 1. The van der Waals surface area contributed by atoms with Gasteiger partial charge in [-0.05, 0) is 6.42 Å². The maximum absolute atomic E-state index is 14.3. The first-order valence-electron chi connectivity index (χ1n) is 10.1. The highest BCUT2D eigenvalue weighted by atomic mass is 31.2. The largest absolute Gasteiger partial charge is 0.390 e. The Hall–Kier alpha value is -1.93. The summed E-state index contributed by atoms with van der Waals surface area (Å²) in [4.78, 5) is 2.34. The third kappa shape index (κ3) is 3.80. The van der Waals surface area contributed by atoms with E-state index in [1.165, 1.54) is 0 Å². The molecule has 1 saturated heterocycles. The normalized spacial score (nSPS) is 23.6. The first kappa shape index (κ1) is 19.4. The average Bonchev–Trinajstić information content (AvgIpc) is 3.35. The van der Waals surface area contributed by atoms with E-state index < -0.39 is 13.2 Å². The van der Waals surface area contributed by atoms with Gasteiger partial charge in [0.1, 0.15) is 7.14 Å². The lowest BCUT2D eigenvalue weighted by atomic mass is 10.0. The van der Waals surface area contributed by atoms with Crippen molar-refractivity contribution in [1.82, 2.24) is 4.90 Å². The first-order chi connectivity index (χ1) is 13.6. The fourth-order valence-corrected chi connectivity index (χ4v) is 7.38. The van der Waals surface area contributed by atoms with E-state index >= 15 is 0 Å². The molecule has 146 valence electrons. The van der Waals surface area contributed by atoms with Gasteiger partial charge in [-0.25, -0.2) is 0 Å². The summed E-state index contributed by atoms with van der Waals surface area (Å²) in [6.07, 6.45) is 9.24. The quantitative estimate of drug-likeness (QED) is 0.551. The van der Waals surface area contributed by atoms with Crippen LogP contribution in [-0.2, 0) is 4.57 Å². The first-order valence-corrected chi connectivity index (χ1v) is 12.0. The van der Waals surface area contributed by atoms with E-state index in [4.69, 9.17) is 0 Å². The third-order valence-corrected chi connectivity index (χ3v) is 9.21. The van der Waals surface area contributed by atoms with Gasteiger partial charge in [0, 0.05) is 41.3 Å². The predicted molar refractivity (Wildman–Crippen MR) is 117 cm³/mol. The molecule has 0 saturated carbocycles. The van der Waals surface area contributed by atoms with Gasteiger partial charge in [0.2, 0.25) is 0 Å². The Morgan fingerprint density at radius 1 is 1.00 bits per heavy atom. The Morgan fingerprint density at radius 2 is 1.54 bits per heavy atom. The third-order valence-electron chi connectivity index (χ3n) is 6.01. The van der Waals surface area contributed by atoms with E-state index in [9.17, 15) is 9.67 Å². The Balaban J connectivity index is 1.57. The zero-order valence-electron chi connectivity index (χ0n) is 16.3. The maximum Gasteiger partial charge on any atom is 0.144 e. The number of rotatable bonds is 8. The molecule has 1 aliphatic carbocycles. The fraction of sp³-hybridized carbons (Fsp3) is 0.333. The Labute approximate surface area is 167 Å². The molecule has 4 atom stereocenters. The fourth-order valence-electron chi connectivity index (χ4n) is 4.29. The molecule has 28 heavy (non-hydrogen) atoms. The highest BCUT2D eigenvalue weighted by molar-refractivity contribution is 7.78. The van der Waals surface area contributed by atoms with Crippen molar-refractivity contribution in [1.29, 1.82) is 0 Å². The molecule has 4 heteroatoms. The summed E-state index contributed by atoms with van der Waals surface area (Å²) in [7, 11) is -2.74. The van der Waals surface area contributed by atoms with Gasteiger partial charge in [-0.3, -0.25) is 4.90 Å². The minimum atomic E-state index is -2.74. The number of nitrogens with zero attached hydrogens (tertiary/aromatic N) is 1. The van der Waals surface area contributed by atoms with Crippen LogP contribution in [0.5, 0.6) is 0 Å². The maximum atomic E-state index is 14.3. The lowest BCUT2D eigenvalue weighted by molar-refractivity contribution is 0.126. The molecular formula is C24H28NO2P. The van der Waals surface area contributed by atoms with Gasteiger partial charge in [-0.2, -0.15) is 0 Å². The summed E-state index contributed by atoms with van der Waals surface area (Å²) in [6.45, 7) is 3.03. The Bertz CT molecular complexity index is 838. The molecule has 1 aliphatic heterocycles. The van der Waals surface area contributed by atoms with Crippen LogP contribution in [0.3, 0.4) is 0 Å². The van der Waals surface area contributed by atoms with Crippen LogP contribution < -0.4 is 10.6 Å². The second kappa shape index (κ2) is 8.21. The summed E-state index contributed by atoms with van der Waals surface area (Å²) in [5, 5.41) is 12.6. The summed E-state index contributed by atoms with van der Waals surface area (Å²) in [6, 6.07) is 20.1. The van der Waals surface area contributed by atoms with Crippen molar-refractivity contribution < 1.29 is 9.67 Å². The monoisotopic (exact) mass is 393 g/mol. The topological polar surface area (TPSA) is 40.3 Å². The molecule has 0 amide bonds. The summed E-state index contributed by atoms with van der Waals surface area (Å²) < 4.78 is 14.3. The molecule has 2 aromatic rings. The lowest BCUT2D eigenvalue weighted by Gasteiger charge is -2.27. The van der Waals surface area contributed by atoms with E-state index in [0.29, 0.717) is 6.16 Å². The molecule has 2 aliphatic rings. The lowest BCUT2D eigenvalue weighted by Crippen LogP contribution is -2.34. The number of allylic oxidation sites excluding steroid dienone is 2. The molecule has 0 aromatic heterocycles. The zero-order chi connectivity index (χ0) is 19.6. The zero-order valence-corrected chi connectivity index (χ0v) is 17.2. The van der Waals surface area contributed by atoms with E-state index in [0.717, 1.165) is 23.6 Å². The Kier molecular flexibility index (Phi) is 5.68. The van der Waals surface area contributed by atoms with Crippen molar-refractivity contribution in [2.45, 2.75) is 31.5 Å². The standard InChI is InChI=1S/C24H28NO2P/c1-2-20(25-17-23(25)24(26)19-11-9-10-12-19)18-28(27,21-13-5-3-6-14-21)22-15-7-4-8-16-22/h3-16,19-20,23-24,26H,2,17-18H2,1H3/t20-,23-,24+,25?/m1/s1. The minimum absolute atomic E-state index is 0.0996. The molecule has 2 aromatic carbocycles. The molecule has 1 unspecified atom stereocenters. The SMILES string of the molecule is CC[C@H](CP(=O)(c1ccccc1)c1ccccc1)N1C[C@@H]1[C@@H](O)C1C=CC=C1. The molecule has 1 N–H and O–H groups in total. The van der Waals surface area contributed by atoms with Crippen molar-refractivity contribution >= 4 is 17.8 Å². The molecule has 0 radical (unpaired) electrons. The van der Waals surface area contributed by atoms with Gasteiger partial charge >= 0.3 is 0 Å². The second-order valence-corrected chi connectivity index (χ2v) is 10.6. The van der Waals surface area contributed by atoms with Crippen LogP contribution in [0.15, 0.2) is 85.0 Å². The Morgan fingerprint density at radius 3 is 2.04 bits per heavy atom. The average molecular weight is 393 g/mol. The van der Waals surface area contributed by atoms with Crippen LogP contribution in [0, 0.1) is 5.92 Å². The molecule has 1 fully saturated rings. The number of hydrogen-bond acceptors (Lipinski definition) is 3. The van der Waals surface area contributed by atoms with Crippen molar-refractivity contribution in [2.75, 3.05) is 12.7 Å². The van der Waals surface area contributed by atoms with Crippen molar-refractivity contribution in [3.63, 3.8) is 0 Å². The molecule has 0 spiro atoms. The van der Waals surface area contributed by atoms with Gasteiger partial charge in [-0.1, -0.05) is 91.9 Å². The van der Waals surface area contributed by atoms with Crippen molar-refractivity contribution in [3.05, 3.63) is 85.0 Å². The van der Waals surface area contributed by atoms with Crippen LogP contribution >= 0.6 is 7.14 Å². The van der Waals surface area contributed by atoms with E-state index in [1.54, 1.807) is 0 Å². The van der Waals surface area contributed by atoms with E-state index in [2.05, 4.69) is 24.0 Å². The minimum Gasteiger partial charge on any atom is -0.390 e. The molecule has 4 rings (SSSR count). The van der Waals surface area contributed by atoms with Crippen molar-refractivity contribution in [2.24, 2.45) is 5.92 Å². The van der Waals surface area contributed by atoms with Crippen LogP contribution in [0.2, 0.25) is 0 Å². The van der Waals surface area contributed by atoms with Gasteiger partial charge in [-0.15, -0.1) is 0 Å². The summed E-state index contributed by atoms with van der Waals surface area (Å²) in [5.41, 5.74) is 0. The van der Waals surface area contributed by atoms with Gasteiger partial charge < -0.3 is 9.67 Å². The predicted octanol–water partition coefficient (Wildman–Crippen LogP) is 3.57. The molecule has 1 heterocycles. The number of benzene rings is 2. The molecular weight excluding hydrogens is 365 g/mol. The van der Waals surface area contributed by atoms with Crippen LogP contribution in [0.25, 0.3) is 0 Å². The van der Waals surface area contributed by atoms with Gasteiger partial charge in [0.15, 0.2) is 0 Å². The number of hydrogen-bond donors (Lipinski definition) is 1. The molecule has 0 bridgehead atoms. The van der Waals surface area contributed by atoms with E-state index in [-0.39, 0.29) is 18.0 Å². The van der Waals surface area contributed by atoms with E-state index in [1.807, 2.05) is 72.8 Å². The van der Waals surface area contributed by atoms with Crippen LogP contribution in [-0.4, -0.2) is 40.9 Å². The van der Waals surface area contributed by atoms with Crippen LogP contribution in [0.1, 0.15) is 13.3 Å². The van der Waals surface area contributed by atoms with Crippen LogP contribution in [0.4, 0.5) is 0 Å². The highest BCUT2D eigenvalue weighted by Crippen LogP contribution is 2.46. The van der Waals surface area contributed by atoms with Gasteiger partial charge in [0.25, 0.3) is 0 Å². The second-order valence-electron chi connectivity index (χ2n) is 7.76. The smallest absolute Gasteiger partial charge is 0.144 e. The summed E-state index contributed by atoms with van der Waals surface area (Å²) >= 11 is 0. The number of aliphatic hydroxyl groups is 1.